The second-order valence-corrected chi connectivity index (χ2v) is 7.92. The molecule has 2 aromatic heterocycles. The maximum absolute atomic E-state index is 13.0. The van der Waals surface area contributed by atoms with Crippen LogP contribution in [0.2, 0.25) is 0 Å². The molecule has 0 bridgehead atoms. The van der Waals surface area contributed by atoms with Crippen molar-refractivity contribution in [1.29, 1.82) is 10.5 Å². The lowest BCUT2D eigenvalue weighted by Crippen LogP contribution is -1.95. The second kappa shape index (κ2) is 7.85. The number of aromatic nitrogens is 1. The average Bonchev–Trinajstić information content (AvgIpc) is 3.46. The smallest absolute Gasteiger partial charge is 0.275 e. The van der Waals surface area contributed by atoms with Gasteiger partial charge in [0, 0.05) is 33.2 Å². The van der Waals surface area contributed by atoms with Gasteiger partial charge in [-0.25, -0.2) is 0 Å². The van der Waals surface area contributed by atoms with Crippen LogP contribution in [-0.4, -0.2) is 10.8 Å². The van der Waals surface area contributed by atoms with Gasteiger partial charge in [-0.05, 0) is 29.7 Å². The number of rotatable bonds is 1. The minimum Gasteiger partial charge on any atom is -0.429 e. The summed E-state index contributed by atoms with van der Waals surface area (Å²) < 4.78 is 5.74. The Bertz CT molecular complexity index is 1560. The first-order valence-electron chi connectivity index (χ1n) is 9.56. The summed E-state index contributed by atoms with van der Waals surface area (Å²) in [4.78, 5) is 18.8. The monoisotopic (exact) mass is 429 g/mol. The number of hydrogen-bond acceptors (Lipinski definition) is 6. The molecular weight excluding hydrogens is 418 g/mol. The summed E-state index contributed by atoms with van der Waals surface area (Å²) in [7, 11) is 0. The average molecular weight is 429 g/mol. The van der Waals surface area contributed by atoms with Gasteiger partial charge in [0.2, 0.25) is 0 Å². The van der Waals surface area contributed by atoms with Gasteiger partial charge in [-0.3, -0.25) is 4.79 Å². The van der Waals surface area contributed by atoms with Gasteiger partial charge in [0.05, 0.1) is 0 Å². The Morgan fingerprint density at radius 2 is 1.69 bits per heavy atom. The van der Waals surface area contributed by atoms with Crippen LogP contribution in [0.15, 0.2) is 76.2 Å². The first kappa shape index (κ1) is 19.3. The SMILES string of the molecule is N#CC(C#N)=C1/C(=C/c2cc3oc(C#Cc4ccccc4)nc3s2)C(=O)c2ccccc21. The zero-order chi connectivity index (χ0) is 22.1. The molecule has 4 aromatic rings. The minimum absolute atomic E-state index is 0.0913. The number of carbonyl (C=O) groups is 1. The Kier molecular flexibility index (Phi) is 4.73. The molecule has 0 atom stereocenters. The highest BCUT2D eigenvalue weighted by Gasteiger charge is 2.32. The fraction of sp³-hybridized carbons (Fsp3) is 0. The first-order valence-corrected chi connectivity index (χ1v) is 10.4. The van der Waals surface area contributed by atoms with Crippen molar-refractivity contribution in [3.63, 3.8) is 0 Å². The number of benzene rings is 2. The molecule has 2 aromatic carbocycles. The van der Waals surface area contributed by atoms with Crippen LogP contribution in [0.25, 0.3) is 22.1 Å². The topological polar surface area (TPSA) is 90.7 Å². The number of ketones is 1. The fourth-order valence-corrected chi connectivity index (χ4v) is 4.41. The van der Waals surface area contributed by atoms with Crippen LogP contribution in [0.3, 0.4) is 0 Å². The van der Waals surface area contributed by atoms with Crippen molar-refractivity contribution in [1.82, 2.24) is 4.98 Å². The lowest BCUT2D eigenvalue weighted by atomic mass is 9.99. The molecule has 0 saturated carbocycles. The van der Waals surface area contributed by atoms with Gasteiger partial charge in [-0.1, -0.05) is 48.4 Å². The molecule has 0 spiro atoms. The number of thiophene rings is 1. The third-order valence-corrected chi connectivity index (χ3v) is 5.87. The van der Waals surface area contributed by atoms with Gasteiger partial charge >= 0.3 is 0 Å². The molecule has 0 unspecified atom stereocenters. The van der Waals surface area contributed by atoms with Gasteiger partial charge in [0.25, 0.3) is 5.89 Å². The van der Waals surface area contributed by atoms with E-state index in [1.807, 2.05) is 42.5 Å². The van der Waals surface area contributed by atoms with E-state index in [1.165, 1.54) is 11.3 Å². The number of carbonyl (C=O) groups excluding carboxylic acids is 1. The quantitative estimate of drug-likeness (QED) is 0.230. The number of hydrogen-bond donors (Lipinski definition) is 0. The summed E-state index contributed by atoms with van der Waals surface area (Å²) in [5.41, 5.74) is 3.09. The molecule has 32 heavy (non-hydrogen) atoms. The van der Waals surface area contributed by atoms with Gasteiger partial charge in [-0.15, -0.1) is 11.3 Å². The highest BCUT2D eigenvalue weighted by Crippen LogP contribution is 2.40. The lowest BCUT2D eigenvalue weighted by Gasteiger charge is -2.00. The summed E-state index contributed by atoms with van der Waals surface area (Å²) in [6.07, 6.45) is 1.68. The van der Waals surface area contributed by atoms with E-state index in [0.29, 0.717) is 38.6 Å². The van der Waals surface area contributed by atoms with E-state index >= 15 is 0 Å². The van der Waals surface area contributed by atoms with E-state index in [-0.39, 0.29) is 11.4 Å². The third kappa shape index (κ3) is 3.30. The Hall–Kier alpha value is -4.70. The summed E-state index contributed by atoms with van der Waals surface area (Å²) in [6, 6.07) is 22.1. The molecule has 5 nitrogen and oxygen atoms in total. The Morgan fingerprint density at radius 3 is 2.41 bits per heavy atom. The van der Waals surface area contributed by atoms with Gasteiger partial charge in [0.1, 0.15) is 17.7 Å². The van der Waals surface area contributed by atoms with Gasteiger partial charge in [-0.2, -0.15) is 15.5 Å². The highest BCUT2D eigenvalue weighted by atomic mass is 32.1. The van der Waals surface area contributed by atoms with Crippen molar-refractivity contribution < 1.29 is 9.21 Å². The summed E-state index contributed by atoms with van der Waals surface area (Å²) in [5, 5.41) is 18.8. The maximum atomic E-state index is 13.0. The molecule has 2 heterocycles. The van der Waals surface area contributed by atoms with E-state index < -0.39 is 0 Å². The van der Waals surface area contributed by atoms with Gasteiger partial charge in [0.15, 0.2) is 16.2 Å². The number of nitriles is 2. The van der Waals surface area contributed by atoms with Gasteiger partial charge < -0.3 is 4.42 Å². The van der Waals surface area contributed by atoms with Crippen LogP contribution in [0.5, 0.6) is 0 Å². The van der Waals surface area contributed by atoms with Crippen LogP contribution in [0.1, 0.15) is 32.3 Å². The van der Waals surface area contributed by atoms with Crippen molar-refractivity contribution in [3.8, 4) is 24.0 Å². The van der Waals surface area contributed by atoms with Crippen LogP contribution >= 0.6 is 11.3 Å². The molecular formula is C26H11N3O2S. The third-order valence-electron chi connectivity index (χ3n) is 4.91. The highest BCUT2D eigenvalue weighted by molar-refractivity contribution is 7.19. The fourth-order valence-electron chi connectivity index (χ4n) is 3.51. The zero-order valence-corrected chi connectivity index (χ0v) is 17.2. The zero-order valence-electron chi connectivity index (χ0n) is 16.4. The normalized spacial score (nSPS) is 13.4. The first-order chi connectivity index (χ1) is 15.7. The van der Waals surface area contributed by atoms with E-state index in [2.05, 4.69) is 16.8 Å². The molecule has 0 amide bonds. The van der Waals surface area contributed by atoms with Crippen molar-refractivity contribution in [2.45, 2.75) is 0 Å². The van der Waals surface area contributed by atoms with Crippen LogP contribution in [0.4, 0.5) is 0 Å². The number of nitrogens with zero attached hydrogens (tertiary/aromatic N) is 3. The summed E-state index contributed by atoms with van der Waals surface area (Å²) in [6.45, 7) is 0. The number of oxazole rings is 1. The maximum Gasteiger partial charge on any atom is 0.275 e. The standard InChI is InChI=1S/C26H11N3O2S/c27-14-17(15-28)24-19-8-4-5-9-20(19)25(30)21(24)12-18-13-22-26(32-18)29-23(31-22)11-10-16-6-2-1-3-7-16/h1-9,12-13H/b21-12-. The van der Waals surface area contributed by atoms with E-state index in [4.69, 9.17) is 4.42 Å². The minimum atomic E-state index is -0.217. The molecule has 148 valence electrons. The van der Waals surface area contributed by atoms with Crippen LogP contribution in [0, 0.1) is 34.5 Å². The Balaban J connectivity index is 1.54. The van der Waals surface area contributed by atoms with E-state index in [1.54, 1.807) is 36.4 Å². The Morgan fingerprint density at radius 1 is 0.969 bits per heavy atom. The van der Waals surface area contributed by atoms with Crippen LogP contribution < -0.4 is 0 Å². The molecule has 0 radical (unpaired) electrons. The molecule has 0 fully saturated rings. The van der Waals surface area contributed by atoms with Crippen molar-refractivity contribution in [2.24, 2.45) is 0 Å². The molecule has 5 rings (SSSR count). The van der Waals surface area contributed by atoms with E-state index in [0.717, 1.165) is 10.4 Å². The number of Topliss-reactive ketones (excluding diaryl/α,β-unsaturated/α-hetero) is 1. The number of allylic oxidation sites excluding steroid dienone is 3. The van der Waals surface area contributed by atoms with E-state index in [9.17, 15) is 15.3 Å². The predicted molar refractivity (Wildman–Crippen MR) is 121 cm³/mol. The Labute approximate surface area is 187 Å². The molecule has 0 saturated heterocycles. The molecule has 6 heteroatoms. The van der Waals surface area contributed by atoms with Crippen molar-refractivity contribution in [3.05, 3.63) is 99.3 Å². The summed E-state index contributed by atoms with van der Waals surface area (Å²) in [5.74, 6) is 6.02. The molecule has 1 aliphatic rings. The van der Waals surface area contributed by atoms with Crippen molar-refractivity contribution >= 4 is 39.2 Å². The largest absolute Gasteiger partial charge is 0.429 e. The lowest BCUT2D eigenvalue weighted by molar-refractivity contribution is 0.104. The predicted octanol–water partition coefficient (Wildman–Crippen LogP) is 5.37. The summed E-state index contributed by atoms with van der Waals surface area (Å²) >= 11 is 1.35. The van der Waals surface area contributed by atoms with Crippen LogP contribution in [-0.2, 0) is 0 Å². The molecule has 1 aliphatic carbocycles. The second-order valence-electron chi connectivity index (χ2n) is 6.86. The molecule has 0 aliphatic heterocycles. The molecule has 0 N–H and O–H groups in total. The van der Waals surface area contributed by atoms with Crippen molar-refractivity contribution in [2.75, 3.05) is 0 Å². The number of fused-ring (bicyclic) bond motifs is 2.